The summed E-state index contributed by atoms with van der Waals surface area (Å²) in [5.74, 6) is 15.6. The molecule has 0 aliphatic carbocycles. The van der Waals surface area contributed by atoms with Crippen LogP contribution in [0.1, 0.15) is 46.5 Å². The molecular weight excluding hydrogens is 356 g/mol. The molecule has 0 radical (unpaired) electrons. The summed E-state index contributed by atoms with van der Waals surface area (Å²) in [6, 6.07) is -0.407. The summed E-state index contributed by atoms with van der Waals surface area (Å²) in [6.07, 6.45) is 10.8. The van der Waals surface area contributed by atoms with Gasteiger partial charge in [0, 0.05) is 25.9 Å². The van der Waals surface area contributed by atoms with Gasteiger partial charge < -0.3 is 9.57 Å². The first-order chi connectivity index (χ1) is 13.2. The predicted molar refractivity (Wildman–Crippen MR) is 113 cm³/mol. The van der Waals surface area contributed by atoms with Crippen molar-refractivity contribution in [1.29, 1.82) is 0 Å². The molecule has 1 saturated heterocycles. The lowest BCUT2D eigenvalue weighted by Gasteiger charge is -2.33. The Labute approximate surface area is 167 Å². The van der Waals surface area contributed by atoms with Crippen molar-refractivity contribution in [3.63, 3.8) is 0 Å². The maximum atomic E-state index is 6.42. The van der Waals surface area contributed by atoms with Crippen molar-refractivity contribution in [3.8, 4) is 12.3 Å². The van der Waals surface area contributed by atoms with Crippen LogP contribution in [0.5, 0.6) is 0 Å². The first-order valence-corrected chi connectivity index (χ1v) is 9.47. The Balaban J connectivity index is 2.40. The fraction of sp³-hybridized carbons (Fsp3) is 0.650. The number of nitrogens with zero attached hydrogens (tertiary/aromatic N) is 4. The van der Waals surface area contributed by atoms with Crippen molar-refractivity contribution >= 4 is 17.9 Å². The lowest BCUT2D eigenvalue weighted by atomic mass is 9.94. The van der Waals surface area contributed by atoms with Gasteiger partial charge in [0.25, 0.3) is 0 Å². The highest BCUT2D eigenvalue weighted by atomic mass is 16.6. The van der Waals surface area contributed by atoms with Crippen LogP contribution in [0.3, 0.4) is 0 Å². The minimum atomic E-state index is -0.407. The lowest BCUT2D eigenvalue weighted by molar-refractivity contribution is 0.0391. The molecule has 4 N–H and O–H groups in total. The molecule has 28 heavy (non-hydrogen) atoms. The maximum Gasteiger partial charge on any atom is 0.215 e. The quantitative estimate of drug-likeness (QED) is 0.245. The molecular formula is C20H32N6O2. The standard InChI is InChI=1S/C20H32N6O2/c1-7-14(25-19(28-22)20(2,3)4)10-13-11-15-8-9-16(27-15)18(13)26(21)17(24-6)12-23-5/h1,12,14-16H,8-11,21-22H2,2-6H3. The average Bonchev–Trinajstić information content (AvgIpc) is 3.03. The molecule has 2 rings (SSSR count). The van der Waals surface area contributed by atoms with Crippen LogP contribution in [0, 0.1) is 17.8 Å². The van der Waals surface area contributed by atoms with Crippen LogP contribution in [-0.2, 0) is 9.57 Å². The van der Waals surface area contributed by atoms with Crippen LogP contribution in [0.25, 0.3) is 0 Å². The van der Waals surface area contributed by atoms with Crippen LogP contribution in [-0.4, -0.2) is 55.3 Å². The van der Waals surface area contributed by atoms with Crippen LogP contribution in [0.15, 0.2) is 26.2 Å². The Bertz CT molecular complexity index is 726. The number of nitrogens with two attached hydrogens (primary N) is 2. The number of hydrogen-bond acceptors (Lipinski definition) is 7. The van der Waals surface area contributed by atoms with Gasteiger partial charge in [0.15, 0.2) is 5.84 Å². The van der Waals surface area contributed by atoms with Crippen molar-refractivity contribution in [2.24, 2.45) is 32.1 Å². The largest absolute Gasteiger partial charge is 0.396 e. The summed E-state index contributed by atoms with van der Waals surface area (Å²) in [4.78, 5) is 17.9. The highest BCUT2D eigenvalue weighted by Crippen LogP contribution is 2.39. The molecule has 154 valence electrons. The zero-order valence-electron chi connectivity index (χ0n) is 17.5. The van der Waals surface area contributed by atoms with E-state index in [0.29, 0.717) is 18.2 Å². The van der Waals surface area contributed by atoms with E-state index in [1.807, 2.05) is 20.8 Å². The molecule has 2 heterocycles. The van der Waals surface area contributed by atoms with Gasteiger partial charge in [-0.05, 0) is 24.8 Å². The molecule has 2 aliphatic heterocycles. The molecule has 0 aromatic carbocycles. The SMILES string of the molecule is C#CC(CC1=C(N(N)C(C=NC)=NC)C2CCC(C1)O2)N=C(ON)C(C)(C)C. The second kappa shape index (κ2) is 9.32. The summed E-state index contributed by atoms with van der Waals surface area (Å²) in [5.41, 5.74) is 1.69. The number of fused-ring (bicyclic) bond motifs is 2. The number of ether oxygens (including phenoxy) is 1. The zero-order valence-corrected chi connectivity index (χ0v) is 17.5. The molecule has 2 bridgehead atoms. The Morgan fingerprint density at radius 1 is 1.43 bits per heavy atom. The van der Waals surface area contributed by atoms with Crippen molar-refractivity contribution in [3.05, 3.63) is 11.3 Å². The Kier molecular flexibility index (Phi) is 7.35. The average molecular weight is 389 g/mol. The van der Waals surface area contributed by atoms with E-state index in [4.69, 9.17) is 27.7 Å². The third-order valence-corrected chi connectivity index (χ3v) is 4.89. The molecule has 0 saturated carbocycles. The first-order valence-electron chi connectivity index (χ1n) is 9.47. The number of terminal acetylenes is 1. The first kappa shape index (κ1) is 22.1. The zero-order chi connectivity index (χ0) is 20.9. The van der Waals surface area contributed by atoms with E-state index >= 15 is 0 Å². The van der Waals surface area contributed by atoms with E-state index in [2.05, 4.69) is 20.9 Å². The molecule has 3 unspecified atom stereocenters. The van der Waals surface area contributed by atoms with Crippen molar-refractivity contribution in [2.45, 2.75) is 64.7 Å². The molecule has 2 aliphatic rings. The van der Waals surface area contributed by atoms with E-state index in [1.54, 1.807) is 25.3 Å². The molecule has 8 heteroatoms. The molecule has 0 aromatic rings. The van der Waals surface area contributed by atoms with Gasteiger partial charge >= 0.3 is 0 Å². The second-order valence-corrected chi connectivity index (χ2v) is 8.04. The number of hydrazine groups is 1. The summed E-state index contributed by atoms with van der Waals surface area (Å²) >= 11 is 0. The molecule has 8 nitrogen and oxygen atoms in total. The number of amidine groups is 1. The molecule has 0 amide bonds. The van der Waals surface area contributed by atoms with E-state index in [0.717, 1.165) is 30.5 Å². The highest BCUT2D eigenvalue weighted by molar-refractivity contribution is 6.29. The minimum absolute atomic E-state index is 0.0731. The monoisotopic (exact) mass is 388 g/mol. The van der Waals surface area contributed by atoms with Gasteiger partial charge in [0.1, 0.15) is 6.04 Å². The third-order valence-electron chi connectivity index (χ3n) is 4.89. The van der Waals surface area contributed by atoms with Crippen LogP contribution >= 0.6 is 0 Å². The molecule has 3 atom stereocenters. The van der Waals surface area contributed by atoms with Crippen LogP contribution in [0.2, 0.25) is 0 Å². The van der Waals surface area contributed by atoms with Crippen molar-refractivity contribution in [1.82, 2.24) is 5.01 Å². The fourth-order valence-corrected chi connectivity index (χ4v) is 3.56. The van der Waals surface area contributed by atoms with Crippen molar-refractivity contribution < 1.29 is 9.57 Å². The number of rotatable bonds is 5. The van der Waals surface area contributed by atoms with E-state index in [1.165, 1.54) is 0 Å². The second-order valence-electron chi connectivity index (χ2n) is 8.04. The Hall–Kier alpha value is -2.21. The third kappa shape index (κ3) is 4.98. The predicted octanol–water partition coefficient (Wildman–Crippen LogP) is 1.82. The summed E-state index contributed by atoms with van der Waals surface area (Å²) in [5, 5.41) is 1.57. The summed E-state index contributed by atoms with van der Waals surface area (Å²) in [6.45, 7) is 5.92. The highest BCUT2D eigenvalue weighted by Gasteiger charge is 2.39. The Morgan fingerprint density at radius 3 is 2.68 bits per heavy atom. The Morgan fingerprint density at radius 2 is 2.14 bits per heavy atom. The van der Waals surface area contributed by atoms with Gasteiger partial charge in [-0.25, -0.2) is 10.8 Å². The van der Waals surface area contributed by atoms with Gasteiger partial charge in [-0.3, -0.25) is 15.0 Å². The van der Waals surface area contributed by atoms with Gasteiger partial charge in [-0.2, -0.15) is 5.90 Å². The molecule has 0 aromatic heterocycles. The van der Waals surface area contributed by atoms with Crippen LogP contribution < -0.4 is 11.7 Å². The van der Waals surface area contributed by atoms with Gasteiger partial charge in [-0.1, -0.05) is 26.7 Å². The topological polar surface area (TPSA) is 111 Å². The lowest BCUT2D eigenvalue weighted by Crippen LogP contribution is -2.44. The minimum Gasteiger partial charge on any atom is -0.396 e. The maximum absolute atomic E-state index is 6.42. The summed E-state index contributed by atoms with van der Waals surface area (Å²) < 4.78 is 6.09. The van der Waals surface area contributed by atoms with E-state index < -0.39 is 6.04 Å². The number of aliphatic imine (C=N–C) groups is 3. The van der Waals surface area contributed by atoms with Crippen molar-refractivity contribution in [2.75, 3.05) is 14.1 Å². The normalized spacial score (nSPS) is 24.5. The van der Waals surface area contributed by atoms with Crippen LogP contribution in [0.4, 0.5) is 0 Å². The number of hydrogen-bond donors (Lipinski definition) is 2. The van der Waals surface area contributed by atoms with Gasteiger partial charge in [0.05, 0.1) is 24.1 Å². The van der Waals surface area contributed by atoms with E-state index in [-0.39, 0.29) is 17.6 Å². The molecule has 1 fully saturated rings. The van der Waals surface area contributed by atoms with E-state index in [9.17, 15) is 0 Å². The summed E-state index contributed by atoms with van der Waals surface area (Å²) in [7, 11) is 3.36. The molecule has 0 spiro atoms. The smallest absolute Gasteiger partial charge is 0.215 e. The fourth-order valence-electron chi connectivity index (χ4n) is 3.56. The van der Waals surface area contributed by atoms with Gasteiger partial charge in [-0.15, -0.1) is 6.42 Å². The van der Waals surface area contributed by atoms with Gasteiger partial charge in [0.2, 0.25) is 5.90 Å².